The lowest BCUT2D eigenvalue weighted by atomic mass is 9.88. The highest BCUT2D eigenvalue weighted by Gasteiger charge is 2.50. The van der Waals surface area contributed by atoms with Gasteiger partial charge in [0.25, 0.3) is 5.91 Å². The standard InChI is InChI=1S/C24H19Cl2NO4/c25-16-10-11-18(20(26)14-16)22(28)15-24(30)19-8-4-5-9-21(19)27(23(24)29)12-13-31-17-6-2-1-3-7-17/h1-11,14,30H,12-13,15H2. The Morgan fingerprint density at radius 1 is 1.00 bits per heavy atom. The average Bonchev–Trinajstić information content (AvgIpc) is 2.96. The number of carbonyl (C=O) groups excluding carboxylic acids is 2. The van der Waals surface area contributed by atoms with E-state index in [-0.39, 0.29) is 23.7 Å². The molecular weight excluding hydrogens is 437 g/mol. The fourth-order valence-electron chi connectivity index (χ4n) is 3.71. The number of ether oxygens (including phenoxy) is 1. The van der Waals surface area contributed by atoms with Gasteiger partial charge in [-0.2, -0.15) is 0 Å². The van der Waals surface area contributed by atoms with E-state index in [4.69, 9.17) is 27.9 Å². The number of nitrogens with zero attached hydrogens (tertiary/aromatic N) is 1. The van der Waals surface area contributed by atoms with Gasteiger partial charge < -0.3 is 14.7 Å². The summed E-state index contributed by atoms with van der Waals surface area (Å²) in [4.78, 5) is 27.6. The molecule has 158 valence electrons. The summed E-state index contributed by atoms with van der Waals surface area (Å²) < 4.78 is 5.70. The number of benzene rings is 3. The zero-order valence-electron chi connectivity index (χ0n) is 16.4. The molecule has 1 amide bonds. The van der Waals surface area contributed by atoms with E-state index in [0.717, 1.165) is 0 Å². The van der Waals surface area contributed by atoms with E-state index in [2.05, 4.69) is 0 Å². The van der Waals surface area contributed by atoms with Gasteiger partial charge in [0, 0.05) is 16.1 Å². The van der Waals surface area contributed by atoms with Crippen molar-refractivity contribution in [2.24, 2.45) is 0 Å². The van der Waals surface area contributed by atoms with Crippen LogP contribution in [0.15, 0.2) is 72.8 Å². The zero-order valence-corrected chi connectivity index (χ0v) is 17.9. The molecule has 1 heterocycles. The topological polar surface area (TPSA) is 66.8 Å². The number of ketones is 1. The van der Waals surface area contributed by atoms with Gasteiger partial charge in [-0.25, -0.2) is 0 Å². The van der Waals surface area contributed by atoms with Crippen LogP contribution in [0.5, 0.6) is 5.75 Å². The first-order valence-electron chi connectivity index (χ1n) is 9.70. The van der Waals surface area contributed by atoms with Crippen LogP contribution in [-0.4, -0.2) is 29.9 Å². The predicted octanol–water partition coefficient (Wildman–Crippen LogP) is 4.88. The summed E-state index contributed by atoms with van der Waals surface area (Å²) in [6.07, 6.45) is -0.430. The van der Waals surface area contributed by atoms with Crippen molar-refractivity contribution >= 4 is 40.6 Å². The molecule has 7 heteroatoms. The number of hydrogen-bond donors (Lipinski definition) is 1. The van der Waals surface area contributed by atoms with Crippen molar-refractivity contribution in [1.82, 2.24) is 0 Å². The summed E-state index contributed by atoms with van der Waals surface area (Å²) in [5, 5.41) is 11.9. The first kappa shape index (κ1) is 21.4. The molecule has 1 aliphatic heterocycles. The largest absolute Gasteiger partial charge is 0.492 e. The Balaban J connectivity index is 1.56. The van der Waals surface area contributed by atoms with Gasteiger partial charge in [-0.05, 0) is 36.4 Å². The van der Waals surface area contributed by atoms with E-state index >= 15 is 0 Å². The van der Waals surface area contributed by atoms with Gasteiger partial charge in [0.1, 0.15) is 12.4 Å². The molecule has 0 aromatic heterocycles. The van der Waals surface area contributed by atoms with E-state index < -0.39 is 23.7 Å². The van der Waals surface area contributed by atoms with Crippen LogP contribution < -0.4 is 9.64 Å². The molecule has 1 atom stereocenters. The third-order valence-corrected chi connectivity index (χ3v) is 5.76. The van der Waals surface area contributed by atoms with Gasteiger partial charge in [0.05, 0.1) is 23.7 Å². The fourth-order valence-corrected chi connectivity index (χ4v) is 4.23. The van der Waals surface area contributed by atoms with E-state index in [1.165, 1.54) is 17.0 Å². The molecule has 3 aromatic carbocycles. The van der Waals surface area contributed by atoms with E-state index in [1.54, 1.807) is 30.3 Å². The molecule has 4 rings (SSSR count). The maximum Gasteiger partial charge on any atom is 0.264 e. The third kappa shape index (κ3) is 4.17. The second-order valence-electron chi connectivity index (χ2n) is 7.22. The number of halogens is 2. The normalized spacial score (nSPS) is 17.5. The number of aliphatic hydroxyl groups is 1. The van der Waals surface area contributed by atoms with Gasteiger partial charge >= 0.3 is 0 Å². The van der Waals surface area contributed by atoms with Crippen molar-refractivity contribution in [2.45, 2.75) is 12.0 Å². The van der Waals surface area contributed by atoms with Gasteiger partial charge in [-0.1, -0.05) is 59.6 Å². The van der Waals surface area contributed by atoms with Gasteiger partial charge in [0.15, 0.2) is 11.4 Å². The smallest absolute Gasteiger partial charge is 0.264 e. The lowest BCUT2D eigenvalue weighted by molar-refractivity contribution is -0.135. The number of Topliss-reactive ketones (excluding diaryl/α,β-unsaturated/α-hetero) is 1. The summed E-state index contributed by atoms with van der Waals surface area (Å²) in [6, 6.07) is 20.6. The first-order valence-corrected chi connectivity index (χ1v) is 10.5. The molecule has 0 bridgehead atoms. The average molecular weight is 456 g/mol. The van der Waals surface area contributed by atoms with Crippen molar-refractivity contribution in [3.63, 3.8) is 0 Å². The Hall–Kier alpha value is -2.86. The lowest BCUT2D eigenvalue weighted by Gasteiger charge is -2.23. The highest BCUT2D eigenvalue weighted by Crippen LogP contribution is 2.43. The van der Waals surface area contributed by atoms with Gasteiger partial charge in [0.2, 0.25) is 0 Å². The summed E-state index contributed by atoms with van der Waals surface area (Å²) >= 11 is 12.1. The minimum atomic E-state index is -1.98. The van der Waals surface area contributed by atoms with Crippen LogP contribution in [0.3, 0.4) is 0 Å². The SMILES string of the molecule is O=C(CC1(O)C(=O)N(CCOc2ccccc2)c2ccccc21)c1ccc(Cl)cc1Cl. The van der Waals surface area contributed by atoms with Crippen molar-refractivity contribution in [3.8, 4) is 5.75 Å². The second kappa shape index (κ2) is 8.71. The first-order chi connectivity index (χ1) is 14.9. The van der Waals surface area contributed by atoms with Crippen molar-refractivity contribution < 1.29 is 19.4 Å². The highest BCUT2D eigenvalue weighted by atomic mass is 35.5. The van der Waals surface area contributed by atoms with Gasteiger partial charge in [-0.3, -0.25) is 9.59 Å². The van der Waals surface area contributed by atoms with E-state index in [0.29, 0.717) is 22.0 Å². The van der Waals surface area contributed by atoms with Crippen LogP contribution in [0.4, 0.5) is 5.69 Å². The predicted molar refractivity (Wildman–Crippen MR) is 120 cm³/mol. The number of hydrogen-bond acceptors (Lipinski definition) is 4. The molecule has 0 fully saturated rings. The lowest BCUT2D eigenvalue weighted by Crippen LogP contribution is -2.43. The molecule has 31 heavy (non-hydrogen) atoms. The van der Waals surface area contributed by atoms with Gasteiger partial charge in [-0.15, -0.1) is 0 Å². The number of para-hydroxylation sites is 2. The summed E-state index contributed by atoms with van der Waals surface area (Å²) in [5.41, 5.74) is -0.834. The molecule has 1 aliphatic rings. The van der Waals surface area contributed by atoms with Crippen molar-refractivity contribution in [1.29, 1.82) is 0 Å². The number of carbonyl (C=O) groups is 2. The van der Waals surface area contributed by atoms with Crippen LogP contribution in [0.25, 0.3) is 0 Å². The Bertz CT molecular complexity index is 1140. The maximum absolute atomic E-state index is 13.2. The molecule has 1 unspecified atom stereocenters. The minimum Gasteiger partial charge on any atom is -0.492 e. The Morgan fingerprint density at radius 2 is 1.71 bits per heavy atom. The Morgan fingerprint density at radius 3 is 2.45 bits per heavy atom. The molecular formula is C24H19Cl2NO4. The van der Waals surface area contributed by atoms with Crippen molar-refractivity contribution in [3.05, 3.63) is 94.0 Å². The zero-order chi connectivity index (χ0) is 22.0. The molecule has 0 saturated carbocycles. The van der Waals surface area contributed by atoms with E-state index in [1.807, 2.05) is 30.3 Å². The summed E-state index contributed by atoms with van der Waals surface area (Å²) in [6.45, 7) is 0.458. The van der Waals surface area contributed by atoms with Crippen molar-refractivity contribution in [2.75, 3.05) is 18.1 Å². The number of amides is 1. The van der Waals surface area contributed by atoms with Crippen LogP contribution in [0.1, 0.15) is 22.3 Å². The maximum atomic E-state index is 13.2. The monoisotopic (exact) mass is 455 g/mol. The molecule has 0 spiro atoms. The minimum absolute atomic E-state index is 0.174. The fraction of sp³-hybridized carbons (Fsp3) is 0.167. The quantitative estimate of drug-likeness (QED) is 0.515. The van der Waals surface area contributed by atoms with Crippen LogP contribution >= 0.6 is 23.2 Å². The third-order valence-electron chi connectivity index (χ3n) is 5.21. The summed E-state index contributed by atoms with van der Waals surface area (Å²) in [5.74, 6) is -0.330. The number of anilines is 1. The Labute approximate surface area is 189 Å². The molecule has 0 saturated heterocycles. The molecule has 0 aliphatic carbocycles. The second-order valence-corrected chi connectivity index (χ2v) is 8.06. The molecule has 5 nitrogen and oxygen atoms in total. The van der Waals surface area contributed by atoms with E-state index in [9.17, 15) is 14.7 Å². The molecule has 3 aromatic rings. The summed E-state index contributed by atoms with van der Waals surface area (Å²) in [7, 11) is 0. The van der Waals surface area contributed by atoms with Crippen LogP contribution in [0, 0.1) is 0 Å². The number of rotatable bonds is 7. The molecule has 1 N–H and O–H groups in total. The Kier molecular flexibility index (Phi) is 6.01. The van der Waals surface area contributed by atoms with Crippen LogP contribution in [-0.2, 0) is 10.4 Å². The highest BCUT2D eigenvalue weighted by molar-refractivity contribution is 6.37. The molecule has 0 radical (unpaired) electrons. The van der Waals surface area contributed by atoms with Crippen LogP contribution in [0.2, 0.25) is 10.0 Å². The number of fused-ring (bicyclic) bond motifs is 1.